The van der Waals surface area contributed by atoms with Crippen LogP contribution in [0.5, 0.6) is 0 Å². The van der Waals surface area contributed by atoms with Crippen LogP contribution in [0.15, 0.2) is 30.3 Å². The van der Waals surface area contributed by atoms with Gasteiger partial charge < -0.3 is 0 Å². The smallest absolute Gasteiger partial charge is 0.0627 e. The summed E-state index contributed by atoms with van der Waals surface area (Å²) in [6.45, 7) is 0. The van der Waals surface area contributed by atoms with Crippen molar-refractivity contribution in [2.75, 3.05) is 0 Å². The highest BCUT2D eigenvalue weighted by Crippen LogP contribution is 2.49. The van der Waals surface area contributed by atoms with Crippen molar-refractivity contribution in [3.05, 3.63) is 41.5 Å². The van der Waals surface area contributed by atoms with E-state index in [1.165, 1.54) is 36.8 Å². The topological polar surface area (TPSA) is 23.8 Å². The molecule has 0 N–H and O–H groups in total. The van der Waals surface area contributed by atoms with Crippen LogP contribution in [0.3, 0.4) is 0 Å². The first-order valence-electron chi connectivity index (χ1n) is 6.97. The van der Waals surface area contributed by atoms with Gasteiger partial charge in [0.25, 0.3) is 0 Å². The Morgan fingerprint density at radius 3 is 2.78 bits per heavy atom. The Hall–Kier alpha value is -1.55. The molecule has 0 spiro atoms. The van der Waals surface area contributed by atoms with E-state index >= 15 is 0 Å². The number of nitriles is 1. The molecule has 0 heterocycles. The molecular formula is C17H19N. The maximum Gasteiger partial charge on any atom is 0.0627 e. The molecule has 18 heavy (non-hydrogen) atoms. The van der Waals surface area contributed by atoms with Gasteiger partial charge in [-0.2, -0.15) is 5.26 Å². The first-order valence-corrected chi connectivity index (χ1v) is 6.97. The standard InChI is InChI=1S/C17H19N/c18-12-11-17(9-3-4-10-17)16-8-7-14-5-1-2-6-15(14)13-16/h1-2,5-8,16H,3-4,9-11,13H2. The van der Waals surface area contributed by atoms with E-state index in [4.69, 9.17) is 5.26 Å². The monoisotopic (exact) mass is 237 g/mol. The zero-order chi connectivity index (χ0) is 12.4. The summed E-state index contributed by atoms with van der Waals surface area (Å²) in [6.07, 6.45) is 11.5. The Morgan fingerprint density at radius 1 is 1.22 bits per heavy atom. The lowest BCUT2D eigenvalue weighted by atomic mass is 9.67. The zero-order valence-electron chi connectivity index (χ0n) is 10.7. The highest BCUT2D eigenvalue weighted by molar-refractivity contribution is 5.57. The molecule has 0 radical (unpaired) electrons. The molecule has 1 aromatic rings. The van der Waals surface area contributed by atoms with Crippen molar-refractivity contribution < 1.29 is 0 Å². The molecule has 0 bridgehead atoms. The van der Waals surface area contributed by atoms with E-state index < -0.39 is 0 Å². The number of allylic oxidation sites excluding steroid dienone is 1. The van der Waals surface area contributed by atoms with Crippen LogP contribution in [0, 0.1) is 22.7 Å². The number of hydrogen-bond acceptors (Lipinski definition) is 1. The Kier molecular flexibility index (Phi) is 2.96. The molecule has 1 atom stereocenters. The van der Waals surface area contributed by atoms with Crippen molar-refractivity contribution in [1.29, 1.82) is 5.26 Å². The van der Waals surface area contributed by atoms with Crippen molar-refractivity contribution in [2.45, 2.75) is 38.5 Å². The number of fused-ring (bicyclic) bond motifs is 1. The molecule has 1 nitrogen and oxygen atoms in total. The minimum atomic E-state index is 0.263. The van der Waals surface area contributed by atoms with E-state index in [0.29, 0.717) is 5.92 Å². The average molecular weight is 237 g/mol. The summed E-state index contributed by atoms with van der Waals surface area (Å²) >= 11 is 0. The summed E-state index contributed by atoms with van der Waals surface area (Å²) in [5.74, 6) is 0.564. The Balaban J connectivity index is 1.89. The SMILES string of the molecule is N#CCC1(C2C=Cc3ccccc3C2)CCCC1. The Labute approximate surface area is 109 Å². The molecule has 2 aliphatic carbocycles. The minimum absolute atomic E-state index is 0.263. The second kappa shape index (κ2) is 4.61. The first kappa shape index (κ1) is 11.5. The third-order valence-electron chi connectivity index (χ3n) is 4.82. The lowest BCUT2D eigenvalue weighted by molar-refractivity contribution is 0.209. The minimum Gasteiger partial charge on any atom is -0.198 e. The lowest BCUT2D eigenvalue weighted by Gasteiger charge is -2.36. The van der Waals surface area contributed by atoms with Crippen molar-refractivity contribution >= 4 is 6.08 Å². The second-order valence-corrected chi connectivity index (χ2v) is 5.77. The molecule has 2 aliphatic rings. The molecule has 1 aromatic carbocycles. The van der Waals surface area contributed by atoms with Crippen molar-refractivity contribution in [3.8, 4) is 6.07 Å². The van der Waals surface area contributed by atoms with E-state index in [9.17, 15) is 0 Å². The molecule has 0 aromatic heterocycles. The summed E-state index contributed by atoms with van der Waals surface area (Å²) in [4.78, 5) is 0. The van der Waals surface area contributed by atoms with E-state index in [2.05, 4.69) is 42.5 Å². The molecule has 0 amide bonds. The summed E-state index contributed by atoms with van der Waals surface area (Å²) in [6, 6.07) is 11.1. The van der Waals surface area contributed by atoms with Gasteiger partial charge in [-0.15, -0.1) is 0 Å². The van der Waals surface area contributed by atoms with Crippen LogP contribution in [-0.2, 0) is 6.42 Å². The van der Waals surface area contributed by atoms with Crippen LogP contribution in [0.1, 0.15) is 43.2 Å². The van der Waals surface area contributed by atoms with Gasteiger partial charge in [-0.25, -0.2) is 0 Å². The zero-order valence-corrected chi connectivity index (χ0v) is 10.7. The fourth-order valence-electron chi connectivity index (χ4n) is 3.74. The van der Waals surface area contributed by atoms with Gasteiger partial charge >= 0.3 is 0 Å². The van der Waals surface area contributed by atoms with Gasteiger partial charge in [-0.05, 0) is 41.7 Å². The maximum absolute atomic E-state index is 9.14. The average Bonchev–Trinajstić information content (AvgIpc) is 2.88. The third-order valence-corrected chi connectivity index (χ3v) is 4.82. The lowest BCUT2D eigenvalue weighted by Crippen LogP contribution is -2.29. The van der Waals surface area contributed by atoms with Gasteiger partial charge in [-0.1, -0.05) is 49.3 Å². The number of rotatable bonds is 2. The number of nitrogens with zero attached hydrogens (tertiary/aromatic N) is 1. The van der Waals surface area contributed by atoms with E-state index in [-0.39, 0.29) is 5.41 Å². The third kappa shape index (κ3) is 1.86. The summed E-state index contributed by atoms with van der Waals surface area (Å²) in [5.41, 5.74) is 3.08. The van der Waals surface area contributed by atoms with Crippen molar-refractivity contribution in [3.63, 3.8) is 0 Å². The highest BCUT2D eigenvalue weighted by Gasteiger charge is 2.40. The van der Waals surface area contributed by atoms with Crippen LogP contribution in [0.2, 0.25) is 0 Å². The molecule has 0 aliphatic heterocycles. The molecular weight excluding hydrogens is 218 g/mol. The summed E-state index contributed by atoms with van der Waals surface area (Å²) in [5, 5.41) is 9.14. The maximum atomic E-state index is 9.14. The van der Waals surface area contributed by atoms with E-state index in [1.807, 2.05) is 0 Å². The second-order valence-electron chi connectivity index (χ2n) is 5.77. The van der Waals surface area contributed by atoms with Crippen LogP contribution in [-0.4, -0.2) is 0 Å². The fourth-order valence-corrected chi connectivity index (χ4v) is 3.74. The summed E-state index contributed by atoms with van der Waals surface area (Å²) < 4.78 is 0. The quantitative estimate of drug-likeness (QED) is 0.750. The molecule has 1 saturated carbocycles. The molecule has 0 saturated heterocycles. The molecule has 1 fully saturated rings. The van der Waals surface area contributed by atoms with Crippen LogP contribution in [0.25, 0.3) is 6.08 Å². The van der Waals surface area contributed by atoms with Crippen LogP contribution in [0.4, 0.5) is 0 Å². The molecule has 1 heteroatoms. The normalized spacial score (nSPS) is 24.5. The van der Waals surface area contributed by atoms with Crippen LogP contribution >= 0.6 is 0 Å². The van der Waals surface area contributed by atoms with E-state index in [1.54, 1.807) is 0 Å². The summed E-state index contributed by atoms with van der Waals surface area (Å²) in [7, 11) is 0. The van der Waals surface area contributed by atoms with E-state index in [0.717, 1.165) is 12.8 Å². The predicted octanol–water partition coefficient (Wildman–Crippen LogP) is 4.35. The molecule has 3 rings (SSSR count). The fraction of sp³-hybridized carbons (Fsp3) is 0.471. The number of benzene rings is 1. The van der Waals surface area contributed by atoms with Gasteiger partial charge in [-0.3, -0.25) is 0 Å². The van der Waals surface area contributed by atoms with Gasteiger partial charge in [0.05, 0.1) is 6.07 Å². The molecule has 92 valence electrons. The predicted molar refractivity (Wildman–Crippen MR) is 73.8 cm³/mol. The Bertz CT molecular complexity index is 501. The van der Waals surface area contributed by atoms with Gasteiger partial charge in [0.1, 0.15) is 0 Å². The number of hydrogen-bond donors (Lipinski definition) is 0. The van der Waals surface area contributed by atoms with Gasteiger partial charge in [0.2, 0.25) is 0 Å². The van der Waals surface area contributed by atoms with Crippen molar-refractivity contribution in [2.24, 2.45) is 11.3 Å². The largest absolute Gasteiger partial charge is 0.198 e. The van der Waals surface area contributed by atoms with Gasteiger partial charge in [0, 0.05) is 6.42 Å². The Morgan fingerprint density at radius 2 is 2.00 bits per heavy atom. The van der Waals surface area contributed by atoms with Gasteiger partial charge in [0.15, 0.2) is 0 Å². The first-order chi connectivity index (χ1) is 8.84. The van der Waals surface area contributed by atoms with Crippen molar-refractivity contribution in [1.82, 2.24) is 0 Å². The van der Waals surface area contributed by atoms with Crippen LogP contribution < -0.4 is 0 Å². The highest BCUT2D eigenvalue weighted by atomic mass is 14.4. The molecule has 1 unspecified atom stereocenters.